The molecule has 2 atom stereocenters. The molecule has 6 nitrogen and oxygen atoms in total. The molecular formula is C20H36N2O4. The normalized spacial score (nSPS) is 15.4. The number of rotatable bonds is 6. The SMILES string of the molecule is CC(=C[C@H](C(C)C)N(C)C(=O)[C@@H](NC(=O)C(C)(C)C)C(C)(C)C)C(=O)O. The number of carbonyl (C=O) groups excluding carboxylic acids is 2. The highest BCUT2D eigenvalue weighted by molar-refractivity contribution is 5.90. The molecule has 0 bridgehead atoms. The molecule has 0 saturated heterocycles. The lowest BCUT2D eigenvalue weighted by Gasteiger charge is -2.38. The summed E-state index contributed by atoms with van der Waals surface area (Å²) in [5.41, 5.74) is -0.909. The molecule has 6 heteroatoms. The second kappa shape index (κ2) is 8.69. The molecule has 150 valence electrons. The number of nitrogens with zero attached hydrogens (tertiary/aromatic N) is 1. The highest BCUT2D eigenvalue weighted by atomic mass is 16.4. The van der Waals surface area contributed by atoms with Crippen LogP contribution < -0.4 is 5.32 Å². The highest BCUT2D eigenvalue weighted by Gasteiger charge is 2.38. The van der Waals surface area contributed by atoms with Crippen LogP contribution in [-0.2, 0) is 14.4 Å². The Hall–Kier alpha value is -1.85. The average Bonchev–Trinajstić information content (AvgIpc) is 2.45. The second-order valence-corrected chi connectivity index (χ2v) is 9.36. The molecule has 0 heterocycles. The van der Waals surface area contributed by atoms with Crippen LogP contribution in [0.25, 0.3) is 0 Å². The van der Waals surface area contributed by atoms with Crippen molar-refractivity contribution in [2.75, 3.05) is 7.05 Å². The number of aliphatic carboxylic acids is 1. The third kappa shape index (κ3) is 6.81. The lowest BCUT2D eigenvalue weighted by molar-refractivity contribution is -0.142. The Bertz CT molecular complexity index is 565. The Morgan fingerprint density at radius 3 is 1.81 bits per heavy atom. The first-order valence-corrected chi connectivity index (χ1v) is 8.99. The minimum Gasteiger partial charge on any atom is -0.478 e. The minimum absolute atomic E-state index is 0.0252. The first kappa shape index (κ1) is 24.1. The molecular weight excluding hydrogens is 332 g/mol. The van der Waals surface area contributed by atoms with Crippen molar-refractivity contribution in [1.82, 2.24) is 10.2 Å². The molecule has 0 spiro atoms. The monoisotopic (exact) mass is 368 g/mol. The molecule has 0 aliphatic carbocycles. The number of nitrogens with one attached hydrogen (secondary N) is 1. The van der Waals surface area contributed by atoms with E-state index in [1.165, 1.54) is 11.8 Å². The van der Waals surface area contributed by atoms with Gasteiger partial charge in [-0.15, -0.1) is 0 Å². The Balaban J connectivity index is 5.77. The van der Waals surface area contributed by atoms with Gasteiger partial charge in [0.2, 0.25) is 11.8 Å². The molecule has 0 aliphatic rings. The maximum atomic E-state index is 13.2. The summed E-state index contributed by atoms with van der Waals surface area (Å²) in [4.78, 5) is 38.3. The van der Waals surface area contributed by atoms with Gasteiger partial charge in [0, 0.05) is 18.0 Å². The van der Waals surface area contributed by atoms with E-state index in [-0.39, 0.29) is 29.3 Å². The lowest BCUT2D eigenvalue weighted by atomic mass is 9.84. The minimum atomic E-state index is -1.01. The predicted octanol–water partition coefficient (Wildman–Crippen LogP) is 3.08. The number of carboxylic acids is 1. The maximum Gasteiger partial charge on any atom is 0.331 e. The van der Waals surface area contributed by atoms with E-state index in [1.54, 1.807) is 33.9 Å². The molecule has 0 aromatic rings. The third-order valence-corrected chi connectivity index (χ3v) is 4.31. The van der Waals surface area contributed by atoms with Crippen LogP contribution in [0.3, 0.4) is 0 Å². The van der Waals surface area contributed by atoms with Crippen molar-refractivity contribution < 1.29 is 19.5 Å². The molecule has 0 aliphatic heterocycles. The Morgan fingerprint density at radius 2 is 1.50 bits per heavy atom. The smallest absolute Gasteiger partial charge is 0.331 e. The van der Waals surface area contributed by atoms with E-state index in [9.17, 15) is 14.4 Å². The summed E-state index contributed by atoms with van der Waals surface area (Å²) in [6, 6.07) is -1.09. The van der Waals surface area contributed by atoms with Crippen molar-refractivity contribution in [3.8, 4) is 0 Å². The van der Waals surface area contributed by atoms with Crippen LogP contribution in [0.5, 0.6) is 0 Å². The van der Waals surface area contributed by atoms with Crippen molar-refractivity contribution in [3.63, 3.8) is 0 Å². The van der Waals surface area contributed by atoms with Gasteiger partial charge >= 0.3 is 5.97 Å². The largest absolute Gasteiger partial charge is 0.478 e. The quantitative estimate of drug-likeness (QED) is 0.705. The summed E-state index contributed by atoms with van der Waals surface area (Å²) in [6.07, 6.45) is 1.59. The van der Waals surface area contributed by atoms with E-state index in [4.69, 9.17) is 5.11 Å². The van der Waals surface area contributed by atoms with Gasteiger partial charge in [0.15, 0.2) is 0 Å². The van der Waals surface area contributed by atoms with Crippen LogP contribution in [0, 0.1) is 16.7 Å². The standard InChI is InChI=1S/C20H36N2O4/c1-12(2)14(11-13(3)17(24)25)22(10)16(23)15(19(4,5)6)21-18(26)20(7,8)9/h11-12,14-15H,1-10H3,(H,21,26)(H,24,25)/t14-,15-/m1/s1. The second-order valence-electron chi connectivity index (χ2n) is 9.36. The number of carboxylic acid groups (broad SMARTS) is 1. The summed E-state index contributed by atoms with van der Waals surface area (Å²) < 4.78 is 0. The Labute approximate surface area is 158 Å². The Kier molecular flexibility index (Phi) is 8.07. The van der Waals surface area contributed by atoms with E-state index in [2.05, 4.69) is 5.32 Å². The molecule has 0 aromatic carbocycles. The van der Waals surface area contributed by atoms with Crippen LogP contribution in [0.4, 0.5) is 0 Å². The molecule has 0 aromatic heterocycles. The fraction of sp³-hybridized carbons (Fsp3) is 0.750. The molecule has 26 heavy (non-hydrogen) atoms. The van der Waals surface area contributed by atoms with E-state index in [1.807, 2.05) is 34.6 Å². The van der Waals surface area contributed by atoms with Gasteiger partial charge in [0.25, 0.3) is 0 Å². The van der Waals surface area contributed by atoms with Crippen molar-refractivity contribution >= 4 is 17.8 Å². The van der Waals surface area contributed by atoms with E-state index < -0.39 is 22.8 Å². The van der Waals surface area contributed by atoms with Gasteiger partial charge in [-0.3, -0.25) is 9.59 Å². The van der Waals surface area contributed by atoms with E-state index in [0.29, 0.717) is 0 Å². The zero-order valence-electron chi connectivity index (χ0n) is 17.9. The van der Waals surface area contributed by atoms with Gasteiger partial charge in [-0.05, 0) is 18.3 Å². The fourth-order valence-electron chi connectivity index (χ4n) is 2.43. The summed E-state index contributed by atoms with van der Waals surface area (Å²) >= 11 is 0. The molecule has 0 fully saturated rings. The van der Waals surface area contributed by atoms with E-state index in [0.717, 1.165) is 0 Å². The Morgan fingerprint density at radius 1 is 1.04 bits per heavy atom. The summed E-state index contributed by atoms with van der Waals surface area (Å²) in [5, 5.41) is 12.0. The number of hydrogen-bond acceptors (Lipinski definition) is 3. The fourth-order valence-corrected chi connectivity index (χ4v) is 2.43. The van der Waals surface area contributed by atoms with Crippen molar-refractivity contribution in [1.29, 1.82) is 0 Å². The maximum absolute atomic E-state index is 13.2. The van der Waals surface area contributed by atoms with Crippen molar-refractivity contribution in [2.45, 2.75) is 74.4 Å². The first-order valence-electron chi connectivity index (χ1n) is 8.99. The van der Waals surface area contributed by atoms with Crippen LogP contribution in [-0.4, -0.2) is 46.9 Å². The van der Waals surface area contributed by atoms with Gasteiger partial charge < -0.3 is 15.3 Å². The van der Waals surface area contributed by atoms with Crippen molar-refractivity contribution in [2.24, 2.45) is 16.7 Å². The topological polar surface area (TPSA) is 86.7 Å². The molecule has 0 rings (SSSR count). The van der Waals surface area contributed by atoms with Gasteiger partial charge in [0.1, 0.15) is 6.04 Å². The highest BCUT2D eigenvalue weighted by Crippen LogP contribution is 2.25. The van der Waals surface area contributed by atoms with Crippen LogP contribution in [0.2, 0.25) is 0 Å². The zero-order valence-corrected chi connectivity index (χ0v) is 17.9. The molecule has 0 saturated carbocycles. The number of amides is 2. The predicted molar refractivity (Wildman–Crippen MR) is 104 cm³/mol. The number of hydrogen-bond donors (Lipinski definition) is 2. The molecule has 2 N–H and O–H groups in total. The first-order chi connectivity index (χ1) is 11.5. The van der Waals surface area contributed by atoms with Crippen LogP contribution in [0.1, 0.15) is 62.3 Å². The van der Waals surface area contributed by atoms with E-state index >= 15 is 0 Å². The molecule has 2 amide bonds. The average molecular weight is 369 g/mol. The summed E-state index contributed by atoms with van der Waals surface area (Å²) in [5.74, 6) is -1.41. The summed E-state index contributed by atoms with van der Waals surface area (Å²) in [7, 11) is 1.65. The van der Waals surface area contributed by atoms with Gasteiger partial charge in [-0.2, -0.15) is 0 Å². The number of likely N-dealkylation sites (N-methyl/N-ethyl adjacent to an activating group) is 1. The zero-order chi connectivity index (χ0) is 21.0. The molecule has 0 radical (unpaired) electrons. The van der Waals surface area contributed by atoms with Crippen molar-refractivity contribution in [3.05, 3.63) is 11.6 Å². The molecule has 0 unspecified atom stereocenters. The third-order valence-electron chi connectivity index (χ3n) is 4.31. The number of carbonyl (C=O) groups is 3. The summed E-state index contributed by atoms with van der Waals surface area (Å²) in [6.45, 7) is 16.5. The lowest BCUT2D eigenvalue weighted by Crippen LogP contribution is -2.57. The van der Waals surface area contributed by atoms with Gasteiger partial charge in [0.05, 0.1) is 6.04 Å². The van der Waals surface area contributed by atoms with Crippen LogP contribution in [0.15, 0.2) is 11.6 Å². The van der Waals surface area contributed by atoms with Gasteiger partial charge in [-0.25, -0.2) is 4.79 Å². The van der Waals surface area contributed by atoms with Crippen LogP contribution >= 0.6 is 0 Å². The van der Waals surface area contributed by atoms with Gasteiger partial charge in [-0.1, -0.05) is 61.5 Å².